The number of rotatable bonds is 3. The minimum absolute atomic E-state index is 0.353. The van der Waals surface area contributed by atoms with Gasteiger partial charge in [0.05, 0.1) is 0 Å². The van der Waals surface area contributed by atoms with Crippen molar-refractivity contribution in [2.24, 2.45) is 0 Å². The molecule has 0 saturated heterocycles. The Morgan fingerprint density at radius 1 is 1.56 bits per heavy atom. The highest BCUT2D eigenvalue weighted by molar-refractivity contribution is 14.1. The average Bonchev–Trinajstić information content (AvgIpc) is 2.59. The number of ether oxygens (including phenoxy) is 1. The molecule has 5 heteroatoms. The number of aryl methyl sites for hydroxylation is 1. The van der Waals surface area contributed by atoms with E-state index in [9.17, 15) is 4.79 Å². The van der Waals surface area contributed by atoms with Crippen LogP contribution in [0.5, 0.6) is 0 Å². The van der Waals surface area contributed by atoms with Gasteiger partial charge in [-0.1, -0.05) is 22.6 Å². The molecule has 0 saturated carbocycles. The Labute approximate surface area is 110 Å². The first-order valence-electron chi connectivity index (χ1n) is 5.25. The van der Waals surface area contributed by atoms with Crippen LogP contribution in [0.4, 0.5) is 4.79 Å². The van der Waals surface area contributed by atoms with Gasteiger partial charge in [-0.3, -0.25) is 0 Å². The summed E-state index contributed by atoms with van der Waals surface area (Å²) in [5.74, 6) is 0.769. The second-order valence-electron chi connectivity index (χ2n) is 4.49. The normalized spacial score (nSPS) is 11.5. The maximum Gasteiger partial charge on any atom is 0.419 e. The summed E-state index contributed by atoms with van der Waals surface area (Å²) in [5.41, 5.74) is -0.470. The lowest BCUT2D eigenvalue weighted by Crippen LogP contribution is -2.27. The van der Waals surface area contributed by atoms with E-state index >= 15 is 0 Å². The first kappa shape index (κ1) is 13.5. The van der Waals surface area contributed by atoms with Crippen LogP contribution in [-0.4, -0.2) is 25.7 Å². The Morgan fingerprint density at radius 3 is 2.81 bits per heavy atom. The van der Waals surface area contributed by atoms with Gasteiger partial charge < -0.3 is 4.74 Å². The molecule has 0 unspecified atom stereocenters. The molecule has 1 aromatic rings. The fourth-order valence-corrected chi connectivity index (χ4v) is 1.60. The van der Waals surface area contributed by atoms with Crippen molar-refractivity contribution in [2.45, 2.75) is 39.2 Å². The number of hydrogen-bond donors (Lipinski definition) is 0. The van der Waals surface area contributed by atoms with Crippen molar-refractivity contribution in [2.75, 3.05) is 4.43 Å². The van der Waals surface area contributed by atoms with Crippen molar-refractivity contribution in [3.63, 3.8) is 0 Å². The molecule has 1 rings (SSSR count). The van der Waals surface area contributed by atoms with Crippen LogP contribution in [0.25, 0.3) is 0 Å². The number of carbonyl (C=O) groups is 1. The van der Waals surface area contributed by atoms with E-state index in [4.69, 9.17) is 4.74 Å². The van der Waals surface area contributed by atoms with E-state index < -0.39 is 5.60 Å². The zero-order valence-electron chi connectivity index (χ0n) is 9.86. The number of hydrogen-bond acceptors (Lipinski definition) is 3. The Balaban J connectivity index is 2.72. The van der Waals surface area contributed by atoms with Gasteiger partial charge in [-0.25, -0.2) is 14.3 Å². The van der Waals surface area contributed by atoms with E-state index in [1.165, 1.54) is 4.57 Å². The third kappa shape index (κ3) is 4.11. The van der Waals surface area contributed by atoms with Crippen LogP contribution in [0.2, 0.25) is 0 Å². The summed E-state index contributed by atoms with van der Waals surface area (Å²) in [6.45, 7) is 5.56. The van der Waals surface area contributed by atoms with Crippen LogP contribution < -0.4 is 0 Å². The largest absolute Gasteiger partial charge is 0.443 e. The molecule has 0 aliphatic rings. The smallest absolute Gasteiger partial charge is 0.419 e. The Morgan fingerprint density at radius 2 is 2.25 bits per heavy atom. The summed E-state index contributed by atoms with van der Waals surface area (Å²) in [7, 11) is 0. The summed E-state index contributed by atoms with van der Waals surface area (Å²) in [4.78, 5) is 16.0. The van der Waals surface area contributed by atoms with E-state index in [2.05, 4.69) is 27.6 Å². The van der Waals surface area contributed by atoms with Crippen LogP contribution in [0.15, 0.2) is 12.4 Å². The highest BCUT2D eigenvalue weighted by atomic mass is 127. The van der Waals surface area contributed by atoms with Gasteiger partial charge in [0.2, 0.25) is 0 Å². The van der Waals surface area contributed by atoms with Gasteiger partial charge in [-0.2, -0.15) is 0 Å². The van der Waals surface area contributed by atoms with E-state index in [0.717, 1.165) is 23.1 Å². The van der Waals surface area contributed by atoms with Crippen molar-refractivity contribution in [3.05, 3.63) is 18.2 Å². The summed E-state index contributed by atoms with van der Waals surface area (Å²) < 4.78 is 7.82. The highest BCUT2D eigenvalue weighted by Crippen LogP contribution is 2.11. The monoisotopic (exact) mass is 336 g/mol. The van der Waals surface area contributed by atoms with Gasteiger partial charge in [0, 0.05) is 18.8 Å². The first-order valence-corrected chi connectivity index (χ1v) is 6.78. The molecule has 0 aromatic carbocycles. The lowest BCUT2D eigenvalue weighted by molar-refractivity contribution is 0.0532. The van der Waals surface area contributed by atoms with Crippen LogP contribution in [0.3, 0.4) is 0 Å². The second kappa shape index (κ2) is 5.65. The topological polar surface area (TPSA) is 44.1 Å². The quantitative estimate of drug-likeness (QED) is 0.630. The lowest BCUT2D eigenvalue weighted by Gasteiger charge is -2.20. The molecule has 0 aliphatic heterocycles. The number of imidazole rings is 1. The Hall–Kier alpha value is -0.590. The fraction of sp³-hybridized carbons (Fsp3) is 0.636. The van der Waals surface area contributed by atoms with Gasteiger partial charge in [0.25, 0.3) is 0 Å². The van der Waals surface area contributed by atoms with Crippen LogP contribution in [-0.2, 0) is 11.2 Å². The van der Waals surface area contributed by atoms with Crippen LogP contribution in [0, 0.1) is 0 Å². The van der Waals surface area contributed by atoms with E-state index in [-0.39, 0.29) is 6.09 Å². The van der Waals surface area contributed by atoms with Crippen molar-refractivity contribution in [1.82, 2.24) is 9.55 Å². The van der Waals surface area contributed by atoms with Gasteiger partial charge in [-0.15, -0.1) is 0 Å². The summed E-state index contributed by atoms with van der Waals surface area (Å²) in [6, 6.07) is 0. The molecular weight excluding hydrogens is 319 g/mol. The predicted octanol–water partition coefficient (Wildman–Crippen LogP) is 3.03. The van der Waals surface area contributed by atoms with Crippen LogP contribution >= 0.6 is 22.6 Å². The maximum absolute atomic E-state index is 11.8. The molecule has 0 amide bonds. The van der Waals surface area contributed by atoms with Gasteiger partial charge in [-0.05, 0) is 31.6 Å². The summed E-state index contributed by atoms with van der Waals surface area (Å²) in [5, 5.41) is 0. The Bertz CT molecular complexity index is 355. The SMILES string of the molecule is CC(C)(C)OC(=O)n1ccnc1CCCI. The van der Waals surface area contributed by atoms with Gasteiger partial charge in [0.15, 0.2) is 0 Å². The molecular formula is C11H17IN2O2. The first-order chi connectivity index (χ1) is 7.44. The number of nitrogens with zero attached hydrogens (tertiary/aromatic N) is 2. The molecule has 16 heavy (non-hydrogen) atoms. The van der Waals surface area contributed by atoms with Crippen LogP contribution in [0.1, 0.15) is 33.0 Å². The van der Waals surface area contributed by atoms with Crippen molar-refractivity contribution in [3.8, 4) is 0 Å². The minimum atomic E-state index is -0.470. The molecule has 0 spiro atoms. The third-order valence-corrected chi connectivity index (χ3v) is 2.60. The maximum atomic E-state index is 11.8. The average molecular weight is 336 g/mol. The zero-order chi connectivity index (χ0) is 12.2. The molecule has 0 fully saturated rings. The number of carbonyl (C=O) groups excluding carboxylic acids is 1. The zero-order valence-corrected chi connectivity index (χ0v) is 12.0. The Kier molecular flexibility index (Phi) is 4.76. The molecule has 1 aromatic heterocycles. The number of aromatic nitrogens is 2. The van der Waals surface area contributed by atoms with E-state index in [1.54, 1.807) is 12.4 Å². The highest BCUT2D eigenvalue weighted by Gasteiger charge is 2.19. The van der Waals surface area contributed by atoms with Gasteiger partial charge >= 0.3 is 6.09 Å². The fourth-order valence-electron chi connectivity index (χ4n) is 1.22. The standard InChI is InChI=1S/C11H17IN2O2/c1-11(2,3)16-10(15)14-8-7-13-9(14)5-4-6-12/h7-8H,4-6H2,1-3H3. The van der Waals surface area contributed by atoms with Crippen molar-refractivity contribution < 1.29 is 9.53 Å². The van der Waals surface area contributed by atoms with E-state index in [0.29, 0.717) is 0 Å². The molecule has 4 nitrogen and oxygen atoms in total. The molecule has 1 heterocycles. The summed E-state index contributed by atoms with van der Waals surface area (Å²) >= 11 is 2.31. The summed E-state index contributed by atoms with van der Waals surface area (Å²) in [6.07, 6.45) is 4.74. The molecule has 0 aliphatic carbocycles. The van der Waals surface area contributed by atoms with E-state index in [1.807, 2.05) is 20.8 Å². The van der Waals surface area contributed by atoms with Gasteiger partial charge in [0.1, 0.15) is 11.4 Å². The van der Waals surface area contributed by atoms with Crippen molar-refractivity contribution in [1.29, 1.82) is 0 Å². The molecule has 0 N–H and O–H groups in total. The number of halogens is 1. The molecule has 0 atom stereocenters. The molecule has 0 radical (unpaired) electrons. The number of alkyl halides is 1. The minimum Gasteiger partial charge on any atom is -0.443 e. The van der Waals surface area contributed by atoms with Crippen molar-refractivity contribution >= 4 is 28.7 Å². The lowest BCUT2D eigenvalue weighted by atomic mass is 10.2. The predicted molar refractivity (Wildman–Crippen MR) is 71.1 cm³/mol. The molecule has 0 bridgehead atoms. The third-order valence-electron chi connectivity index (χ3n) is 1.84. The molecule has 90 valence electrons. The second-order valence-corrected chi connectivity index (χ2v) is 5.57.